The Morgan fingerprint density at radius 3 is 2.62 bits per heavy atom. The molecule has 3 rings (SSSR count). The predicted octanol–water partition coefficient (Wildman–Crippen LogP) is 2.87. The van der Waals surface area contributed by atoms with Crippen molar-refractivity contribution in [3.63, 3.8) is 0 Å². The molecule has 2 heterocycles. The van der Waals surface area contributed by atoms with Crippen LogP contribution in [-0.2, 0) is 6.54 Å². The number of aromatic nitrogens is 1. The van der Waals surface area contributed by atoms with E-state index in [1.54, 1.807) is 27.5 Å². The predicted molar refractivity (Wildman–Crippen MR) is 111 cm³/mol. The lowest BCUT2D eigenvalue weighted by molar-refractivity contribution is 0.392. The van der Waals surface area contributed by atoms with Crippen molar-refractivity contribution in [1.82, 2.24) is 15.4 Å². The largest absolute Gasteiger partial charge is 0.497 e. The Kier molecular flexibility index (Phi) is 7.55. The number of rotatable bonds is 5. The number of guanidine groups is 1. The number of likely N-dealkylation sites (tertiary alicyclic amines) is 1. The molecule has 1 saturated heterocycles. The van der Waals surface area contributed by atoms with Crippen molar-refractivity contribution in [1.29, 1.82) is 0 Å². The van der Waals surface area contributed by atoms with Gasteiger partial charge in [0.2, 0.25) is 0 Å². The molecular weight excluding hydrogens is 447 g/mol. The highest BCUT2D eigenvalue weighted by Crippen LogP contribution is 2.32. The summed E-state index contributed by atoms with van der Waals surface area (Å²) in [6.45, 7) is 2.44. The lowest BCUT2D eigenvalue weighted by Gasteiger charge is -2.21. The fourth-order valence-corrected chi connectivity index (χ4v) is 3.12. The van der Waals surface area contributed by atoms with E-state index in [4.69, 9.17) is 14.0 Å². The Morgan fingerprint density at radius 2 is 2.04 bits per heavy atom. The highest BCUT2D eigenvalue weighted by molar-refractivity contribution is 14.0. The molecule has 8 heteroatoms. The van der Waals surface area contributed by atoms with E-state index in [0.717, 1.165) is 42.7 Å². The van der Waals surface area contributed by atoms with Gasteiger partial charge >= 0.3 is 0 Å². The molecule has 1 N–H and O–H groups in total. The number of ether oxygens (including phenoxy) is 2. The summed E-state index contributed by atoms with van der Waals surface area (Å²) in [6, 6.07) is 7.91. The molecular formula is C18H25IN4O3. The molecule has 7 nitrogen and oxygen atoms in total. The number of methoxy groups -OCH3 is 2. The first-order chi connectivity index (χ1) is 12.2. The van der Waals surface area contributed by atoms with Crippen LogP contribution in [0.15, 0.2) is 40.0 Å². The van der Waals surface area contributed by atoms with Crippen LogP contribution in [0.3, 0.4) is 0 Å². The van der Waals surface area contributed by atoms with Crippen molar-refractivity contribution in [2.24, 2.45) is 4.99 Å². The Balaban J connectivity index is 0.00000243. The van der Waals surface area contributed by atoms with Gasteiger partial charge in [0.25, 0.3) is 0 Å². The summed E-state index contributed by atoms with van der Waals surface area (Å²) in [4.78, 5) is 6.65. The normalized spacial score (nSPS) is 17.0. The zero-order chi connectivity index (χ0) is 17.6. The smallest absolute Gasteiger partial charge is 0.193 e. The van der Waals surface area contributed by atoms with E-state index in [1.807, 2.05) is 12.1 Å². The molecule has 1 aliphatic heterocycles. The molecule has 0 amide bonds. The van der Waals surface area contributed by atoms with Gasteiger partial charge in [-0.25, -0.2) is 0 Å². The van der Waals surface area contributed by atoms with Crippen molar-refractivity contribution in [2.45, 2.75) is 18.9 Å². The Bertz CT molecular complexity index is 699. The summed E-state index contributed by atoms with van der Waals surface area (Å²) in [7, 11) is 5.15. The van der Waals surface area contributed by atoms with E-state index in [-0.39, 0.29) is 24.0 Å². The van der Waals surface area contributed by atoms with Crippen molar-refractivity contribution < 1.29 is 14.0 Å². The molecule has 1 unspecified atom stereocenters. The van der Waals surface area contributed by atoms with Gasteiger partial charge in [0.05, 0.1) is 20.8 Å². The molecule has 1 aromatic heterocycles. The Labute approximate surface area is 170 Å². The summed E-state index contributed by atoms with van der Waals surface area (Å²) < 4.78 is 15.6. The number of hydrogen-bond donors (Lipinski definition) is 1. The third kappa shape index (κ3) is 4.80. The van der Waals surface area contributed by atoms with Crippen LogP contribution in [0.2, 0.25) is 0 Å². The van der Waals surface area contributed by atoms with Crippen LogP contribution < -0.4 is 14.8 Å². The second kappa shape index (κ2) is 9.65. The highest BCUT2D eigenvalue weighted by Gasteiger charge is 2.27. The zero-order valence-electron chi connectivity index (χ0n) is 15.3. The first-order valence-electron chi connectivity index (χ1n) is 8.31. The first-order valence-corrected chi connectivity index (χ1v) is 8.31. The van der Waals surface area contributed by atoms with Crippen LogP contribution in [0.1, 0.15) is 23.6 Å². The van der Waals surface area contributed by atoms with E-state index in [2.05, 4.69) is 32.5 Å². The van der Waals surface area contributed by atoms with Crippen LogP contribution >= 0.6 is 24.0 Å². The summed E-state index contributed by atoms with van der Waals surface area (Å²) in [5.74, 6) is 2.93. The maximum Gasteiger partial charge on any atom is 0.193 e. The summed E-state index contributed by atoms with van der Waals surface area (Å²) in [5, 5.41) is 7.25. The van der Waals surface area contributed by atoms with Gasteiger partial charge in [0.1, 0.15) is 23.5 Å². The third-order valence-corrected chi connectivity index (χ3v) is 4.46. The van der Waals surface area contributed by atoms with Gasteiger partial charge in [-0.15, -0.1) is 24.0 Å². The van der Waals surface area contributed by atoms with E-state index in [0.29, 0.717) is 12.5 Å². The molecule has 0 spiro atoms. The standard InChI is InChI=1S/C18H24N4O3.HI/c1-19-18(20-11-15-5-7-25-21-15)22-6-4-13(12-22)14-8-16(23-2)10-17(9-14)24-3;/h5,7-10,13H,4,6,11-12H2,1-3H3,(H,19,20);1H. The lowest BCUT2D eigenvalue weighted by atomic mass is 9.98. The van der Waals surface area contributed by atoms with Crippen LogP contribution in [-0.4, -0.2) is 50.4 Å². The molecule has 1 aliphatic rings. The molecule has 0 aliphatic carbocycles. The molecule has 142 valence electrons. The number of benzene rings is 1. The van der Waals surface area contributed by atoms with Crippen LogP contribution in [0.25, 0.3) is 0 Å². The first kappa shape index (κ1) is 20.3. The van der Waals surface area contributed by atoms with Crippen molar-refractivity contribution in [3.8, 4) is 11.5 Å². The molecule has 0 bridgehead atoms. The van der Waals surface area contributed by atoms with Crippen LogP contribution in [0, 0.1) is 0 Å². The molecule has 26 heavy (non-hydrogen) atoms. The molecule has 1 fully saturated rings. The SMILES string of the molecule is CN=C(NCc1ccon1)N1CCC(c2cc(OC)cc(OC)c2)C1.I. The van der Waals surface area contributed by atoms with Crippen LogP contribution in [0.5, 0.6) is 11.5 Å². The minimum absolute atomic E-state index is 0. The highest BCUT2D eigenvalue weighted by atomic mass is 127. The lowest BCUT2D eigenvalue weighted by Crippen LogP contribution is -2.39. The number of halogens is 1. The number of nitrogens with one attached hydrogen (secondary N) is 1. The average molecular weight is 472 g/mol. The Morgan fingerprint density at radius 1 is 1.31 bits per heavy atom. The minimum atomic E-state index is 0. The van der Waals surface area contributed by atoms with Gasteiger partial charge in [-0.1, -0.05) is 5.16 Å². The third-order valence-electron chi connectivity index (χ3n) is 4.46. The van der Waals surface area contributed by atoms with Gasteiger partial charge in [0.15, 0.2) is 5.96 Å². The Hall–Kier alpha value is -1.97. The number of aliphatic imine (C=N–C) groups is 1. The minimum Gasteiger partial charge on any atom is -0.497 e. The fourth-order valence-electron chi connectivity index (χ4n) is 3.12. The number of hydrogen-bond acceptors (Lipinski definition) is 5. The second-order valence-electron chi connectivity index (χ2n) is 5.97. The van der Waals surface area contributed by atoms with E-state index >= 15 is 0 Å². The van der Waals surface area contributed by atoms with Gasteiger partial charge in [-0.2, -0.15) is 0 Å². The van der Waals surface area contributed by atoms with Gasteiger partial charge < -0.3 is 24.2 Å². The van der Waals surface area contributed by atoms with Crippen molar-refractivity contribution in [2.75, 3.05) is 34.4 Å². The quantitative estimate of drug-likeness (QED) is 0.410. The van der Waals surface area contributed by atoms with Crippen LogP contribution in [0.4, 0.5) is 0 Å². The summed E-state index contributed by atoms with van der Waals surface area (Å²) in [6.07, 6.45) is 2.63. The molecule has 1 aromatic carbocycles. The van der Waals surface area contributed by atoms with Crippen molar-refractivity contribution in [3.05, 3.63) is 41.8 Å². The average Bonchev–Trinajstić information content (AvgIpc) is 3.34. The summed E-state index contributed by atoms with van der Waals surface area (Å²) in [5.41, 5.74) is 2.08. The molecule has 0 saturated carbocycles. The molecule has 0 radical (unpaired) electrons. The maximum absolute atomic E-state index is 5.39. The second-order valence-corrected chi connectivity index (χ2v) is 5.97. The van der Waals surface area contributed by atoms with Gasteiger partial charge in [-0.3, -0.25) is 4.99 Å². The van der Waals surface area contributed by atoms with E-state index < -0.39 is 0 Å². The number of nitrogens with zero attached hydrogens (tertiary/aromatic N) is 3. The fraction of sp³-hybridized carbons (Fsp3) is 0.444. The monoisotopic (exact) mass is 472 g/mol. The van der Waals surface area contributed by atoms with E-state index in [1.165, 1.54) is 5.56 Å². The molecule has 2 aromatic rings. The van der Waals surface area contributed by atoms with E-state index in [9.17, 15) is 0 Å². The van der Waals surface area contributed by atoms with Crippen molar-refractivity contribution >= 4 is 29.9 Å². The topological polar surface area (TPSA) is 72.1 Å². The van der Waals surface area contributed by atoms with Gasteiger partial charge in [-0.05, 0) is 24.1 Å². The maximum atomic E-state index is 5.39. The molecule has 1 atom stereocenters. The van der Waals surface area contributed by atoms with Gasteiger partial charge in [0, 0.05) is 38.2 Å². The summed E-state index contributed by atoms with van der Waals surface area (Å²) >= 11 is 0. The zero-order valence-corrected chi connectivity index (χ0v) is 17.6.